The number of ether oxygens (including phenoxy) is 1. The minimum absolute atomic E-state index is 0.166. The number of benzene rings is 1. The second-order valence-electron chi connectivity index (χ2n) is 4.66. The van der Waals surface area contributed by atoms with Crippen LogP contribution in [0.1, 0.15) is 10.4 Å². The van der Waals surface area contributed by atoms with Crippen molar-refractivity contribution in [3.8, 4) is 5.75 Å². The monoisotopic (exact) mass is 314 g/mol. The van der Waals surface area contributed by atoms with Gasteiger partial charge in [-0.1, -0.05) is 6.07 Å². The lowest BCUT2D eigenvalue weighted by atomic mass is 10.1. The lowest BCUT2D eigenvalue weighted by Crippen LogP contribution is -2.52. The summed E-state index contributed by atoms with van der Waals surface area (Å²) in [5.74, 6) is 0.118. The lowest BCUT2D eigenvalue weighted by molar-refractivity contribution is 0.0695. The molecule has 0 bridgehead atoms. The van der Waals surface area contributed by atoms with Gasteiger partial charge in [0.15, 0.2) is 0 Å². The van der Waals surface area contributed by atoms with Crippen LogP contribution < -0.4 is 15.6 Å². The van der Waals surface area contributed by atoms with E-state index in [4.69, 9.17) is 15.6 Å². The molecule has 9 heteroatoms. The highest BCUT2D eigenvalue weighted by molar-refractivity contribution is 7.86. The Balaban J connectivity index is 2.16. The summed E-state index contributed by atoms with van der Waals surface area (Å²) in [7, 11) is -2.25. The number of hydrogen-bond donors (Lipinski definition) is 2. The number of nitrogens with zero attached hydrogens (tertiary/aromatic N) is 2. The molecular weight excluding hydrogens is 296 g/mol. The topological polar surface area (TPSA) is 119 Å². The van der Waals surface area contributed by atoms with Gasteiger partial charge in [-0.05, 0) is 12.1 Å². The first-order valence-corrected chi connectivity index (χ1v) is 7.84. The van der Waals surface area contributed by atoms with Crippen LogP contribution in [0.15, 0.2) is 18.2 Å². The van der Waals surface area contributed by atoms with E-state index in [1.54, 1.807) is 18.2 Å². The van der Waals surface area contributed by atoms with Crippen LogP contribution in [0.2, 0.25) is 0 Å². The molecular formula is C12H18N4O4S. The quantitative estimate of drug-likeness (QED) is 0.711. The Morgan fingerprint density at radius 2 is 1.86 bits per heavy atom. The van der Waals surface area contributed by atoms with Gasteiger partial charge in [0, 0.05) is 31.9 Å². The van der Waals surface area contributed by atoms with Gasteiger partial charge in [-0.25, -0.2) is 5.14 Å². The summed E-state index contributed by atoms with van der Waals surface area (Å²) >= 11 is 0. The molecule has 1 fully saturated rings. The lowest BCUT2D eigenvalue weighted by Gasteiger charge is -2.33. The van der Waals surface area contributed by atoms with Crippen LogP contribution in [0.3, 0.4) is 0 Å². The maximum Gasteiger partial charge on any atom is 0.277 e. The average molecular weight is 314 g/mol. The maximum absolute atomic E-state index is 12.5. The molecule has 1 heterocycles. The molecule has 0 saturated carbocycles. The average Bonchev–Trinajstić information content (AvgIpc) is 2.45. The van der Waals surface area contributed by atoms with Crippen LogP contribution in [0.25, 0.3) is 0 Å². The smallest absolute Gasteiger partial charge is 0.277 e. The van der Waals surface area contributed by atoms with Crippen molar-refractivity contribution < 1.29 is 17.9 Å². The van der Waals surface area contributed by atoms with Gasteiger partial charge in [0.2, 0.25) is 0 Å². The number of nitrogen functional groups attached to an aromatic ring is 1. The molecule has 1 aliphatic rings. The number of rotatable bonds is 3. The third-order valence-corrected chi connectivity index (χ3v) is 4.46. The fourth-order valence-electron chi connectivity index (χ4n) is 2.25. The number of hydrogen-bond acceptors (Lipinski definition) is 5. The highest BCUT2D eigenvalue weighted by atomic mass is 32.2. The van der Waals surface area contributed by atoms with Crippen molar-refractivity contribution in [1.29, 1.82) is 0 Å². The van der Waals surface area contributed by atoms with Gasteiger partial charge in [0.25, 0.3) is 16.1 Å². The molecule has 0 unspecified atom stereocenters. The Labute approximate surface area is 123 Å². The molecule has 2 rings (SSSR count). The van der Waals surface area contributed by atoms with Gasteiger partial charge in [-0.2, -0.15) is 12.7 Å². The van der Waals surface area contributed by atoms with Crippen molar-refractivity contribution in [2.45, 2.75) is 0 Å². The van der Waals surface area contributed by atoms with Crippen LogP contribution >= 0.6 is 0 Å². The minimum atomic E-state index is -3.71. The minimum Gasteiger partial charge on any atom is -0.496 e. The summed E-state index contributed by atoms with van der Waals surface area (Å²) in [6.07, 6.45) is 0. The van der Waals surface area contributed by atoms with E-state index >= 15 is 0 Å². The van der Waals surface area contributed by atoms with Gasteiger partial charge in [0.05, 0.1) is 7.11 Å². The standard InChI is InChI=1S/C12H18N4O4S/c1-20-10-4-2-3-9(13)11(10)12(17)15-5-7-16(8-6-15)21(14,18)19/h2-4H,5-8,13H2,1H3,(H2,14,18,19). The molecule has 21 heavy (non-hydrogen) atoms. The van der Waals surface area contributed by atoms with E-state index in [0.717, 1.165) is 4.31 Å². The SMILES string of the molecule is COc1cccc(N)c1C(=O)N1CCN(S(N)(=O)=O)CC1. The van der Waals surface area contributed by atoms with Crippen LogP contribution in [-0.2, 0) is 10.2 Å². The number of amides is 1. The molecule has 1 saturated heterocycles. The van der Waals surface area contributed by atoms with Gasteiger partial charge >= 0.3 is 0 Å². The normalized spacial score (nSPS) is 16.8. The highest BCUT2D eigenvalue weighted by Crippen LogP contribution is 2.26. The first-order valence-electron chi connectivity index (χ1n) is 6.34. The summed E-state index contributed by atoms with van der Waals surface area (Å²) in [5, 5.41) is 5.07. The summed E-state index contributed by atoms with van der Waals surface area (Å²) in [6.45, 7) is 0.846. The largest absolute Gasteiger partial charge is 0.496 e. The van der Waals surface area contributed by atoms with Crippen molar-refractivity contribution in [1.82, 2.24) is 9.21 Å². The van der Waals surface area contributed by atoms with E-state index in [9.17, 15) is 13.2 Å². The molecule has 4 N–H and O–H groups in total. The van der Waals surface area contributed by atoms with Crippen molar-refractivity contribution in [3.63, 3.8) is 0 Å². The van der Waals surface area contributed by atoms with Crippen LogP contribution in [-0.4, -0.2) is 56.8 Å². The zero-order valence-electron chi connectivity index (χ0n) is 11.7. The number of methoxy groups -OCH3 is 1. The Bertz CT molecular complexity index is 639. The molecule has 0 aromatic heterocycles. The Morgan fingerprint density at radius 3 is 2.38 bits per heavy atom. The first kappa shape index (κ1) is 15.5. The fourth-order valence-corrected chi connectivity index (χ4v) is 2.92. The van der Waals surface area contributed by atoms with Gasteiger partial charge in [0.1, 0.15) is 11.3 Å². The number of carbonyl (C=O) groups is 1. The fraction of sp³-hybridized carbons (Fsp3) is 0.417. The second kappa shape index (κ2) is 5.88. The summed E-state index contributed by atoms with van der Waals surface area (Å²) in [6, 6.07) is 4.98. The third-order valence-electron chi connectivity index (χ3n) is 3.38. The van der Waals surface area contributed by atoms with E-state index in [1.807, 2.05) is 0 Å². The molecule has 0 aliphatic carbocycles. The second-order valence-corrected chi connectivity index (χ2v) is 6.21. The van der Waals surface area contributed by atoms with Crippen LogP contribution in [0.5, 0.6) is 5.75 Å². The van der Waals surface area contributed by atoms with Crippen molar-refractivity contribution in [3.05, 3.63) is 23.8 Å². The van der Waals surface area contributed by atoms with Gasteiger partial charge in [-0.15, -0.1) is 0 Å². The van der Waals surface area contributed by atoms with Crippen LogP contribution in [0, 0.1) is 0 Å². The zero-order chi connectivity index (χ0) is 15.6. The Hall–Kier alpha value is -1.84. The summed E-state index contributed by atoms with van der Waals surface area (Å²) in [4.78, 5) is 14.1. The van der Waals surface area contributed by atoms with E-state index in [1.165, 1.54) is 12.0 Å². The number of carbonyl (C=O) groups excluding carboxylic acids is 1. The molecule has 0 atom stereocenters. The van der Waals surface area contributed by atoms with Crippen molar-refractivity contribution in [2.24, 2.45) is 5.14 Å². The molecule has 1 aromatic carbocycles. The highest BCUT2D eigenvalue weighted by Gasteiger charge is 2.29. The van der Waals surface area contributed by atoms with Gasteiger partial charge < -0.3 is 15.4 Å². The van der Waals surface area contributed by atoms with E-state index < -0.39 is 10.2 Å². The van der Waals surface area contributed by atoms with E-state index in [2.05, 4.69) is 0 Å². The zero-order valence-corrected chi connectivity index (χ0v) is 12.5. The molecule has 1 aliphatic heterocycles. The first-order chi connectivity index (χ1) is 9.84. The molecule has 8 nitrogen and oxygen atoms in total. The Kier molecular flexibility index (Phi) is 4.35. The number of piperazine rings is 1. The Morgan fingerprint density at radius 1 is 1.24 bits per heavy atom. The number of nitrogens with two attached hydrogens (primary N) is 2. The summed E-state index contributed by atoms with van der Waals surface area (Å²) in [5.41, 5.74) is 6.47. The predicted molar refractivity (Wildman–Crippen MR) is 78.0 cm³/mol. The maximum atomic E-state index is 12.5. The van der Waals surface area contributed by atoms with Crippen molar-refractivity contribution in [2.75, 3.05) is 39.0 Å². The van der Waals surface area contributed by atoms with E-state index in [0.29, 0.717) is 17.0 Å². The van der Waals surface area contributed by atoms with Crippen LogP contribution in [0.4, 0.5) is 5.69 Å². The third kappa shape index (κ3) is 3.26. The predicted octanol–water partition coefficient (Wildman–Crippen LogP) is -0.761. The van der Waals surface area contributed by atoms with Crippen molar-refractivity contribution >= 4 is 21.8 Å². The molecule has 1 aromatic rings. The number of anilines is 1. The van der Waals surface area contributed by atoms with E-state index in [-0.39, 0.29) is 32.1 Å². The molecule has 1 amide bonds. The summed E-state index contributed by atoms with van der Waals surface area (Å²) < 4.78 is 28.8. The molecule has 0 spiro atoms. The van der Waals surface area contributed by atoms with Gasteiger partial charge in [-0.3, -0.25) is 4.79 Å². The molecule has 0 radical (unpaired) electrons. The molecule has 116 valence electrons.